The van der Waals surface area contributed by atoms with Crippen LogP contribution in [0.25, 0.3) is 10.8 Å². The molecule has 1 aromatic heterocycles. The molecular weight excluding hydrogens is 258 g/mol. The van der Waals surface area contributed by atoms with Crippen LogP contribution in [0, 0.1) is 0 Å². The largest absolute Gasteiger partial charge is 0.379 e. The fourth-order valence-corrected chi connectivity index (χ4v) is 2.47. The van der Waals surface area contributed by atoms with E-state index in [-0.39, 0.29) is 0 Å². The molecule has 0 unspecified atom stereocenters. The van der Waals surface area contributed by atoms with E-state index in [0.717, 1.165) is 18.1 Å². The van der Waals surface area contributed by atoms with E-state index in [1.54, 1.807) is 0 Å². The quantitative estimate of drug-likeness (QED) is 0.783. The SMILES string of the molecule is CN(C)c1ncc(NCc2ccccc2)c2ccccc12. The number of hydrogen-bond acceptors (Lipinski definition) is 3. The molecule has 3 nitrogen and oxygen atoms in total. The van der Waals surface area contributed by atoms with Crippen LogP contribution >= 0.6 is 0 Å². The highest BCUT2D eigenvalue weighted by Crippen LogP contribution is 2.29. The molecule has 0 atom stereocenters. The first-order valence-corrected chi connectivity index (χ1v) is 7.08. The Balaban J connectivity index is 1.94. The lowest BCUT2D eigenvalue weighted by atomic mass is 10.1. The molecule has 0 fully saturated rings. The van der Waals surface area contributed by atoms with Gasteiger partial charge in [0.1, 0.15) is 5.82 Å². The number of nitrogens with zero attached hydrogens (tertiary/aromatic N) is 2. The molecule has 1 heterocycles. The van der Waals surface area contributed by atoms with Gasteiger partial charge >= 0.3 is 0 Å². The molecule has 2 aromatic carbocycles. The maximum Gasteiger partial charge on any atom is 0.136 e. The molecule has 0 bridgehead atoms. The van der Waals surface area contributed by atoms with Gasteiger partial charge < -0.3 is 10.2 Å². The number of pyridine rings is 1. The summed E-state index contributed by atoms with van der Waals surface area (Å²) in [7, 11) is 4.04. The Labute approximate surface area is 125 Å². The Bertz CT molecular complexity index is 736. The number of nitrogens with one attached hydrogen (secondary N) is 1. The van der Waals surface area contributed by atoms with E-state index < -0.39 is 0 Å². The zero-order valence-electron chi connectivity index (χ0n) is 12.4. The molecule has 3 aromatic rings. The summed E-state index contributed by atoms with van der Waals surface area (Å²) in [5.41, 5.74) is 2.33. The number of anilines is 2. The minimum absolute atomic E-state index is 0.799. The van der Waals surface area contributed by atoms with Crippen LogP contribution < -0.4 is 10.2 Å². The third-order valence-corrected chi connectivity index (χ3v) is 3.52. The van der Waals surface area contributed by atoms with Gasteiger partial charge in [0.05, 0.1) is 11.9 Å². The van der Waals surface area contributed by atoms with Crippen LogP contribution in [0.1, 0.15) is 5.56 Å². The van der Waals surface area contributed by atoms with Gasteiger partial charge in [-0.25, -0.2) is 4.98 Å². The summed E-state index contributed by atoms with van der Waals surface area (Å²) < 4.78 is 0. The van der Waals surface area contributed by atoms with Crippen LogP contribution in [-0.4, -0.2) is 19.1 Å². The van der Waals surface area contributed by atoms with Gasteiger partial charge in [-0.1, -0.05) is 54.6 Å². The molecule has 3 rings (SSSR count). The average Bonchev–Trinajstić information content (AvgIpc) is 2.53. The average molecular weight is 277 g/mol. The normalized spacial score (nSPS) is 10.6. The van der Waals surface area contributed by atoms with Crippen molar-refractivity contribution in [2.24, 2.45) is 0 Å². The van der Waals surface area contributed by atoms with Crippen molar-refractivity contribution in [3.05, 3.63) is 66.4 Å². The second-order valence-corrected chi connectivity index (χ2v) is 5.27. The number of aromatic nitrogens is 1. The van der Waals surface area contributed by atoms with Crippen molar-refractivity contribution >= 4 is 22.3 Å². The molecule has 3 heteroatoms. The Kier molecular flexibility index (Phi) is 3.73. The minimum atomic E-state index is 0.799. The van der Waals surface area contributed by atoms with Gasteiger partial charge in [0, 0.05) is 31.4 Å². The smallest absolute Gasteiger partial charge is 0.136 e. The summed E-state index contributed by atoms with van der Waals surface area (Å²) in [5, 5.41) is 5.86. The molecular formula is C18H19N3. The van der Waals surface area contributed by atoms with Gasteiger partial charge in [0.15, 0.2) is 0 Å². The third-order valence-electron chi connectivity index (χ3n) is 3.52. The van der Waals surface area contributed by atoms with E-state index in [2.05, 4.69) is 58.8 Å². The number of hydrogen-bond donors (Lipinski definition) is 1. The van der Waals surface area contributed by atoms with Crippen molar-refractivity contribution in [2.75, 3.05) is 24.3 Å². The number of benzene rings is 2. The predicted octanol–water partition coefficient (Wildman–Crippen LogP) is 3.91. The number of rotatable bonds is 4. The van der Waals surface area contributed by atoms with Gasteiger partial charge in [-0.3, -0.25) is 0 Å². The van der Waals surface area contributed by atoms with E-state index in [4.69, 9.17) is 0 Å². The maximum atomic E-state index is 4.58. The first-order valence-electron chi connectivity index (χ1n) is 7.08. The minimum Gasteiger partial charge on any atom is -0.379 e. The van der Waals surface area contributed by atoms with Crippen molar-refractivity contribution in [3.8, 4) is 0 Å². The summed E-state index contributed by atoms with van der Waals surface area (Å²) in [5.74, 6) is 0.996. The molecule has 0 saturated heterocycles. The van der Waals surface area contributed by atoms with Gasteiger partial charge in [-0.05, 0) is 5.56 Å². The fraction of sp³-hybridized carbons (Fsp3) is 0.167. The van der Waals surface area contributed by atoms with Crippen molar-refractivity contribution in [2.45, 2.75) is 6.54 Å². The van der Waals surface area contributed by atoms with Crippen LogP contribution in [0.5, 0.6) is 0 Å². The molecule has 21 heavy (non-hydrogen) atoms. The monoisotopic (exact) mass is 277 g/mol. The molecule has 0 amide bonds. The molecule has 0 saturated carbocycles. The molecule has 0 aliphatic carbocycles. The highest BCUT2D eigenvalue weighted by Gasteiger charge is 2.08. The lowest BCUT2D eigenvalue weighted by Crippen LogP contribution is -2.11. The summed E-state index contributed by atoms with van der Waals surface area (Å²) in [6, 6.07) is 18.8. The van der Waals surface area contributed by atoms with Gasteiger partial charge in [0.25, 0.3) is 0 Å². The third kappa shape index (κ3) is 2.82. The molecule has 106 valence electrons. The zero-order chi connectivity index (χ0) is 14.7. The lowest BCUT2D eigenvalue weighted by molar-refractivity contribution is 1.08. The second kappa shape index (κ2) is 5.83. The van der Waals surface area contributed by atoms with E-state index in [1.807, 2.05) is 31.3 Å². The van der Waals surface area contributed by atoms with Crippen LogP contribution in [0.3, 0.4) is 0 Å². The van der Waals surface area contributed by atoms with E-state index in [0.29, 0.717) is 0 Å². The first-order chi connectivity index (χ1) is 10.3. The van der Waals surface area contributed by atoms with Crippen LogP contribution in [0.2, 0.25) is 0 Å². The summed E-state index contributed by atoms with van der Waals surface area (Å²) in [6.45, 7) is 0.799. The lowest BCUT2D eigenvalue weighted by Gasteiger charge is -2.17. The van der Waals surface area contributed by atoms with Crippen molar-refractivity contribution < 1.29 is 0 Å². The summed E-state index contributed by atoms with van der Waals surface area (Å²) in [4.78, 5) is 6.63. The van der Waals surface area contributed by atoms with Crippen LogP contribution in [0.15, 0.2) is 60.8 Å². The van der Waals surface area contributed by atoms with Crippen LogP contribution in [0.4, 0.5) is 11.5 Å². The Hall–Kier alpha value is -2.55. The second-order valence-electron chi connectivity index (χ2n) is 5.27. The van der Waals surface area contributed by atoms with E-state index in [1.165, 1.54) is 16.3 Å². The Morgan fingerprint density at radius 1 is 0.905 bits per heavy atom. The van der Waals surface area contributed by atoms with Gasteiger partial charge in [-0.15, -0.1) is 0 Å². The van der Waals surface area contributed by atoms with Gasteiger partial charge in [0.2, 0.25) is 0 Å². The van der Waals surface area contributed by atoms with E-state index in [9.17, 15) is 0 Å². The van der Waals surface area contributed by atoms with Crippen LogP contribution in [-0.2, 0) is 6.54 Å². The van der Waals surface area contributed by atoms with Gasteiger partial charge in [-0.2, -0.15) is 0 Å². The summed E-state index contributed by atoms with van der Waals surface area (Å²) >= 11 is 0. The fourth-order valence-electron chi connectivity index (χ4n) is 2.47. The molecule has 0 spiro atoms. The number of fused-ring (bicyclic) bond motifs is 1. The standard InChI is InChI=1S/C18H19N3/c1-21(2)18-16-11-7-6-10-15(16)17(13-20-18)19-12-14-8-4-3-5-9-14/h3-11,13,19H,12H2,1-2H3. The molecule has 0 aliphatic heterocycles. The van der Waals surface area contributed by atoms with Crippen molar-refractivity contribution in [1.82, 2.24) is 4.98 Å². The topological polar surface area (TPSA) is 28.2 Å². The summed E-state index contributed by atoms with van der Waals surface area (Å²) in [6.07, 6.45) is 1.92. The predicted molar refractivity (Wildman–Crippen MR) is 89.8 cm³/mol. The first kappa shape index (κ1) is 13.4. The van der Waals surface area contributed by atoms with E-state index >= 15 is 0 Å². The van der Waals surface area contributed by atoms with Crippen molar-refractivity contribution in [1.29, 1.82) is 0 Å². The molecule has 0 aliphatic rings. The zero-order valence-corrected chi connectivity index (χ0v) is 12.4. The van der Waals surface area contributed by atoms with Crippen molar-refractivity contribution in [3.63, 3.8) is 0 Å². The maximum absolute atomic E-state index is 4.58. The molecule has 1 N–H and O–H groups in total. The Morgan fingerprint density at radius 3 is 2.29 bits per heavy atom. The highest BCUT2D eigenvalue weighted by molar-refractivity contribution is 6.00. The highest BCUT2D eigenvalue weighted by atomic mass is 15.1. The Morgan fingerprint density at radius 2 is 1.57 bits per heavy atom. The molecule has 0 radical (unpaired) electrons.